The molecule has 2 heterocycles. The standard InChI is InChI=1S/C25H15FN4O2S/c26-18-9-7-17(8-10-18)23-28-19(14-32-23)15-33-25-29-22-4-2-1-3-21(22)24(31)30(25)20-11-5-16(13-27)6-12-20/h1-12,14H,15H2. The van der Waals surface area contributed by atoms with Crippen molar-refractivity contribution in [1.29, 1.82) is 5.26 Å². The predicted molar refractivity (Wildman–Crippen MR) is 124 cm³/mol. The molecule has 0 saturated heterocycles. The Labute approximate surface area is 192 Å². The maximum atomic E-state index is 13.3. The van der Waals surface area contributed by atoms with Gasteiger partial charge in [-0.25, -0.2) is 14.4 Å². The molecule has 0 aliphatic carbocycles. The van der Waals surface area contributed by atoms with E-state index >= 15 is 0 Å². The van der Waals surface area contributed by atoms with Crippen molar-refractivity contribution in [3.05, 3.63) is 106 Å². The number of thioether (sulfide) groups is 1. The zero-order valence-corrected chi connectivity index (χ0v) is 17.9. The summed E-state index contributed by atoms with van der Waals surface area (Å²) in [6.45, 7) is 0. The molecule has 0 bridgehead atoms. The number of nitriles is 1. The Kier molecular flexibility index (Phi) is 5.47. The van der Waals surface area contributed by atoms with Crippen LogP contribution in [0.15, 0.2) is 93.4 Å². The number of benzene rings is 3. The largest absolute Gasteiger partial charge is 0.444 e. The highest BCUT2D eigenvalue weighted by Gasteiger charge is 2.15. The highest BCUT2D eigenvalue weighted by molar-refractivity contribution is 7.98. The molecule has 0 aliphatic rings. The Bertz CT molecular complexity index is 1550. The van der Waals surface area contributed by atoms with Gasteiger partial charge >= 0.3 is 0 Å². The molecule has 0 saturated carbocycles. The van der Waals surface area contributed by atoms with Crippen LogP contribution < -0.4 is 5.56 Å². The van der Waals surface area contributed by atoms with E-state index in [0.717, 1.165) is 0 Å². The summed E-state index contributed by atoms with van der Waals surface area (Å²) in [6, 6.07) is 21.9. The normalized spacial score (nSPS) is 10.9. The number of rotatable bonds is 5. The highest BCUT2D eigenvalue weighted by Crippen LogP contribution is 2.26. The molecule has 0 aliphatic heterocycles. The molecule has 2 aromatic heterocycles. The van der Waals surface area contributed by atoms with Gasteiger partial charge < -0.3 is 4.42 Å². The zero-order valence-electron chi connectivity index (χ0n) is 17.1. The number of aromatic nitrogens is 3. The van der Waals surface area contributed by atoms with Gasteiger partial charge in [0.1, 0.15) is 12.1 Å². The summed E-state index contributed by atoms with van der Waals surface area (Å²) in [7, 11) is 0. The number of para-hydroxylation sites is 1. The van der Waals surface area contributed by atoms with E-state index in [9.17, 15) is 9.18 Å². The van der Waals surface area contributed by atoms with Crippen LogP contribution in [0.5, 0.6) is 0 Å². The number of fused-ring (bicyclic) bond motifs is 1. The molecule has 0 fully saturated rings. The summed E-state index contributed by atoms with van der Waals surface area (Å²) in [5.74, 6) is 0.469. The van der Waals surface area contributed by atoms with E-state index < -0.39 is 0 Å². The number of oxazole rings is 1. The van der Waals surface area contributed by atoms with Gasteiger partial charge in [0.25, 0.3) is 5.56 Å². The van der Waals surface area contributed by atoms with Crippen LogP contribution in [0.25, 0.3) is 28.0 Å². The fraction of sp³-hybridized carbons (Fsp3) is 0.0400. The Morgan fingerprint density at radius 3 is 2.52 bits per heavy atom. The molecule has 160 valence electrons. The fourth-order valence-electron chi connectivity index (χ4n) is 3.36. The third kappa shape index (κ3) is 4.14. The summed E-state index contributed by atoms with van der Waals surface area (Å²) in [5.41, 5.74) is 2.86. The van der Waals surface area contributed by atoms with Crippen molar-refractivity contribution in [2.45, 2.75) is 10.9 Å². The number of hydrogen-bond donors (Lipinski definition) is 0. The van der Waals surface area contributed by atoms with Gasteiger partial charge in [0.2, 0.25) is 5.89 Å². The second kappa shape index (κ2) is 8.73. The minimum Gasteiger partial charge on any atom is -0.444 e. The van der Waals surface area contributed by atoms with Crippen LogP contribution in [0, 0.1) is 17.1 Å². The first-order valence-electron chi connectivity index (χ1n) is 9.98. The monoisotopic (exact) mass is 454 g/mol. The first-order chi connectivity index (χ1) is 16.1. The lowest BCUT2D eigenvalue weighted by Crippen LogP contribution is -2.21. The van der Waals surface area contributed by atoms with Crippen LogP contribution in [0.1, 0.15) is 11.3 Å². The molecule has 33 heavy (non-hydrogen) atoms. The third-order valence-corrected chi connectivity index (χ3v) is 5.96. The minimum absolute atomic E-state index is 0.194. The number of halogens is 1. The van der Waals surface area contributed by atoms with Crippen LogP contribution in [0.2, 0.25) is 0 Å². The van der Waals surface area contributed by atoms with E-state index in [1.54, 1.807) is 54.6 Å². The van der Waals surface area contributed by atoms with Gasteiger partial charge in [-0.1, -0.05) is 23.9 Å². The minimum atomic E-state index is -0.329. The predicted octanol–water partition coefficient (Wildman–Crippen LogP) is 5.34. The van der Waals surface area contributed by atoms with Crippen LogP contribution in [-0.2, 0) is 5.75 Å². The van der Waals surface area contributed by atoms with Gasteiger partial charge in [-0.05, 0) is 60.7 Å². The van der Waals surface area contributed by atoms with Crippen molar-refractivity contribution >= 4 is 22.7 Å². The van der Waals surface area contributed by atoms with Gasteiger partial charge in [0, 0.05) is 11.3 Å². The van der Waals surface area contributed by atoms with Crippen molar-refractivity contribution in [2.24, 2.45) is 0 Å². The summed E-state index contributed by atoms with van der Waals surface area (Å²) in [6.07, 6.45) is 1.54. The van der Waals surface area contributed by atoms with E-state index in [-0.39, 0.29) is 11.4 Å². The first-order valence-corrected chi connectivity index (χ1v) is 11.0. The van der Waals surface area contributed by atoms with Crippen LogP contribution in [-0.4, -0.2) is 14.5 Å². The molecule has 0 amide bonds. The molecule has 5 rings (SSSR count). The maximum Gasteiger partial charge on any atom is 0.266 e. The van der Waals surface area contributed by atoms with Crippen LogP contribution >= 0.6 is 11.8 Å². The first kappa shape index (κ1) is 20.7. The Hall–Kier alpha value is -4.22. The Morgan fingerprint density at radius 1 is 1.00 bits per heavy atom. The molecule has 3 aromatic carbocycles. The lowest BCUT2D eigenvalue weighted by atomic mass is 10.2. The van der Waals surface area contributed by atoms with E-state index in [1.165, 1.54) is 34.7 Å². The van der Waals surface area contributed by atoms with E-state index in [2.05, 4.69) is 11.1 Å². The van der Waals surface area contributed by atoms with E-state index in [1.807, 2.05) is 6.07 Å². The second-order valence-electron chi connectivity index (χ2n) is 7.15. The summed E-state index contributed by atoms with van der Waals surface area (Å²) in [5, 5.41) is 10.1. The van der Waals surface area contributed by atoms with Crippen molar-refractivity contribution in [3.8, 4) is 23.2 Å². The number of hydrogen-bond acceptors (Lipinski definition) is 6. The summed E-state index contributed by atoms with van der Waals surface area (Å²) < 4.78 is 20.3. The second-order valence-corrected chi connectivity index (χ2v) is 8.09. The maximum absolute atomic E-state index is 13.3. The zero-order chi connectivity index (χ0) is 22.8. The third-order valence-electron chi connectivity index (χ3n) is 4.99. The molecule has 8 heteroatoms. The SMILES string of the molecule is N#Cc1ccc(-n2c(SCc3coc(-c4ccc(F)cc4)n3)nc3ccccc3c2=O)cc1. The quantitative estimate of drug-likeness (QED) is 0.263. The van der Waals surface area contributed by atoms with Gasteiger partial charge in [-0.3, -0.25) is 9.36 Å². The molecule has 0 radical (unpaired) electrons. The summed E-state index contributed by atoms with van der Waals surface area (Å²) >= 11 is 1.35. The van der Waals surface area contributed by atoms with Gasteiger partial charge in [-0.2, -0.15) is 5.26 Å². The van der Waals surface area contributed by atoms with E-state index in [0.29, 0.717) is 50.2 Å². The molecular formula is C25H15FN4O2S. The molecule has 5 aromatic rings. The van der Waals surface area contributed by atoms with Crippen molar-refractivity contribution in [1.82, 2.24) is 14.5 Å². The highest BCUT2D eigenvalue weighted by atomic mass is 32.2. The molecule has 0 unspecified atom stereocenters. The fourth-order valence-corrected chi connectivity index (χ4v) is 4.25. The molecule has 6 nitrogen and oxygen atoms in total. The lowest BCUT2D eigenvalue weighted by molar-refractivity contribution is 0.573. The van der Waals surface area contributed by atoms with Gasteiger partial charge in [0.15, 0.2) is 5.16 Å². The smallest absolute Gasteiger partial charge is 0.266 e. The van der Waals surface area contributed by atoms with Gasteiger partial charge in [0.05, 0.1) is 33.9 Å². The number of nitrogens with zero attached hydrogens (tertiary/aromatic N) is 4. The van der Waals surface area contributed by atoms with E-state index in [4.69, 9.17) is 14.7 Å². The van der Waals surface area contributed by atoms with Crippen LogP contribution in [0.3, 0.4) is 0 Å². The van der Waals surface area contributed by atoms with Crippen LogP contribution in [0.4, 0.5) is 4.39 Å². The molecular weight excluding hydrogens is 439 g/mol. The van der Waals surface area contributed by atoms with Crippen molar-refractivity contribution in [3.63, 3.8) is 0 Å². The lowest BCUT2D eigenvalue weighted by Gasteiger charge is -2.13. The molecule has 0 atom stereocenters. The Balaban J connectivity index is 1.50. The van der Waals surface area contributed by atoms with Crippen molar-refractivity contribution < 1.29 is 8.81 Å². The topological polar surface area (TPSA) is 84.7 Å². The average Bonchev–Trinajstić information content (AvgIpc) is 3.32. The molecule has 0 spiro atoms. The van der Waals surface area contributed by atoms with Gasteiger partial charge in [-0.15, -0.1) is 0 Å². The average molecular weight is 454 g/mol. The molecule has 0 N–H and O–H groups in total. The Morgan fingerprint density at radius 2 is 1.76 bits per heavy atom. The van der Waals surface area contributed by atoms with Crippen molar-refractivity contribution in [2.75, 3.05) is 0 Å². The summed E-state index contributed by atoms with van der Waals surface area (Å²) in [4.78, 5) is 22.5.